The molecule has 3 nitrogen and oxygen atoms in total. The number of carbonyl (C=O) groups is 1. The van der Waals surface area contributed by atoms with E-state index in [1.807, 2.05) is 25.7 Å². The number of amides is 1. The zero-order chi connectivity index (χ0) is 15.6. The summed E-state index contributed by atoms with van der Waals surface area (Å²) in [5, 5.41) is 0. The van der Waals surface area contributed by atoms with Gasteiger partial charge in [0, 0.05) is 37.4 Å². The fraction of sp³-hybridized carbons (Fsp3) is 0.562. The third kappa shape index (κ3) is 3.93. The fourth-order valence-electron chi connectivity index (χ4n) is 2.39. The van der Waals surface area contributed by atoms with Crippen molar-refractivity contribution >= 4 is 5.91 Å². The predicted molar refractivity (Wildman–Crippen MR) is 76.0 cm³/mol. The van der Waals surface area contributed by atoms with Crippen molar-refractivity contribution in [1.82, 2.24) is 4.90 Å². The minimum atomic E-state index is -0.909. The van der Waals surface area contributed by atoms with Crippen molar-refractivity contribution in [2.75, 3.05) is 13.1 Å². The first-order valence-corrected chi connectivity index (χ1v) is 7.18. The maximum atomic E-state index is 13.1. The van der Waals surface area contributed by atoms with Crippen LogP contribution in [0.1, 0.15) is 33.6 Å². The van der Waals surface area contributed by atoms with E-state index in [-0.39, 0.29) is 17.4 Å². The van der Waals surface area contributed by atoms with Crippen molar-refractivity contribution in [3.63, 3.8) is 0 Å². The second kappa shape index (κ2) is 6.00. The third-order valence-corrected chi connectivity index (χ3v) is 3.56. The molecule has 5 heteroatoms. The van der Waals surface area contributed by atoms with Gasteiger partial charge in [0.15, 0.2) is 11.6 Å². The van der Waals surface area contributed by atoms with Gasteiger partial charge in [-0.15, -0.1) is 0 Å². The first-order valence-electron chi connectivity index (χ1n) is 7.18. The lowest BCUT2D eigenvalue weighted by atomic mass is 9.93. The Hall–Kier alpha value is -1.65. The van der Waals surface area contributed by atoms with Crippen molar-refractivity contribution in [2.24, 2.45) is 5.41 Å². The van der Waals surface area contributed by atoms with Crippen molar-refractivity contribution in [3.8, 4) is 5.75 Å². The van der Waals surface area contributed by atoms with Crippen LogP contribution >= 0.6 is 0 Å². The monoisotopic (exact) mass is 297 g/mol. The number of nitrogens with zero attached hydrogens (tertiary/aromatic N) is 1. The van der Waals surface area contributed by atoms with Crippen LogP contribution in [-0.4, -0.2) is 30.0 Å². The maximum absolute atomic E-state index is 13.1. The van der Waals surface area contributed by atoms with Gasteiger partial charge in [-0.3, -0.25) is 4.79 Å². The van der Waals surface area contributed by atoms with Gasteiger partial charge in [0.1, 0.15) is 11.9 Å². The molecule has 0 atom stereocenters. The molecule has 2 rings (SSSR count). The molecule has 0 aromatic heterocycles. The number of ether oxygens (including phenoxy) is 1. The Morgan fingerprint density at radius 2 is 1.81 bits per heavy atom. The minimum absolute atomic E-state index is 0.0705. The molecular formula is C16H21F2NO2. The third-order valence-electron chi connectivity index (χ3n) is 3.56. The van der Waals surface area contributed by atoms with E-state index < -0.39 is 11.6 Å². The Morgan fingerprint density at radius 3 is 2.33 bits per heavy atom. The highest BCUT2D eigenvalue weighted by atomic mass is 19.2. The summed E-state index contributed by atoms with van der Waals surface area (Å²) in [6, 6.07) is 3.54. The largest absolute Gasteiger partial charge is 0.490 e. The first kappa shape index (κ1) is 15.7. The summed E-state index contributed by atoms with van der Waals surface area (Å²) in [5.41, 5.74) is -0.381. The van der Waals surface area contributed by atoms with Gasteiger partial charge in [0.25, 0.3) is 0 Å². The van der Waals surface area contributed by atoms with Crippen LogP contribution in [0.5, 0.6) is 5.75 Å². The second-order valence-electron chi connectivity index (χ2n) is 6.44. The quantitative estimate of drug-likeness (QED) is 0.837. The van der Waals surface area contributed by atoms with Gasteiger partial charge >= 0.3 is 0 Å². The Bertz CT molecular complexity index is 517. The summed E-state index contributed by atoms with van der Waals surface area (Å²) in [6.07, 6.45) is 1.32. The molecule has 0 radical (unpaired) electrons. The van der Waals surface area contributed by atoms with E-state index in [0.717, 1.165) is 12.1 Å². The number of likely N-dealkylation sites (tertiary alicyclic amines) is 1. The predicted octanol–water partition coefficient (Wildman–Crippen LogP) is 3.38. The van der Waals surface area contributed by atoms with E-state index in [2.05, 4.69) is 0 Å². The molecule has 1 fully saturated rings. The van der Waals surface area contributed by atoms with E-state index in [9.17, 15) is 13.6 Å². The molecule has 0 saturated carbocycles. The molecule has 1 aromatic carbocycles. The van der Waals surface area contributed by atoms with Crippen LogP contribution in [0.2, 0.25) is 0 Å². The van der Waals surface area contributed by atoms with E-state index in [0.29, 0.717) is 31.7 Å². The number of hydrogen-bond donors (Lipinski definition) is 0. The highest BCUT2D eigenvalue weighted by Crippen LogP contribution is 2.24. The van der Waals surface area contributed by atoms with Gasteiger partial charge in [-0.25, -0.2) is 8.78 Å². The maximum Gasteiger partial charge on any atom is 0.227 e. The van der Waals surface area contributed by atoms with E-state index in [1.165, 1.54) is 6.07 Å². The molecule has 0 bridgehead atoms. The molecule has 116 valence electrons. The number of piperidine rings is 1. The van der Waals surface area contributed by atoms with E-state index >= 15 is 0 Å². The minimum Gasteiger partial charge on any atom is -0.490 e. The smallest absolute Gasteiger partial charge is 0.227 e. The summed E-state index contributed by atoms with van der Waals surface area (Å²) in [4.78, 5) is 14.0. The number of carbonyl (C=O) groups excluding carboxylic acids is 1. The van der Waals surface area contributed by atoms with Gasteiger partial charge in [0.05, 0.1) is 0 Å². The number of benzene rings is 1. The first-order chi connectivity index (χ1) is 9.77. The van der Waals surface area contributed by atoms with Crippen molar-refractivity contribution < 1.29 is 18.3 Å². The average Bonchev–Trinajstić information content (AvgIpc) is 2.42. The Kier molecular flexibility index (Phi) is 4.49. The Labute approximate surface area is 123 Å². The lowest BCUT2D eigenvalue weighted by molar-refractivity contribution is -0.141. The van der Waals surface area contributed by atoms with Crippen LogP contribution in [0.3, 0.4) is 0 Å². The van der Waals surface area contributed by atoms with E-state index in [4.69, 9.17) is 4.74 Å². The average molecular weight is 297 g/mol. The molecule has 0 unspecified atom stereocenters. The Balaban J connectivity index is 1.89. The molecule has 0 N–H and O–H groups in total. The molecule has 21 heavy (non-hydrogen) atoms. The molecule has 1 aromatic rings. The fourth-order valence-corrected chi connectivity index (χ4v) is 2.39. The highest BCUT2D eigenvalue weighted by molar-refractivity contribution is 5.81. The van der Waals surface area contributed by atoms with Gasteiger partial charge < -0.3 is 9.64 Å². The highest BCUT2D eigenvalue weighted by Gasteiger charge is 2.30. The van der Waals surface area contributed by atoms with Crippen LogP contribution in [0.15, 0.2) is 18.2 Å². The van der Waals surface area contributed by atoms with Crippen LogP contribution in [-0.2, 0) is 4.79 Å². The van der Waals surface area contributed by atoms with Gasteiger partial charge in [-0.1, -0.05) is 20.8 Å². The molecule has 0 spiro atoms. The van der Waals surface area contributed by atoms with Gasteiger partial charge in [0.2, 0.25) is 5.91 Å². The summed E-state index contributed by atoms with van der Waals surface area (Å²) < 4.78 is 31.6. The molecule has 1 aliphatic heterocycles. The molecular weight excluding hydrogens is 276 g/mol. The topological polar surface area (TPSA) is 29.5 Å². The molecule has 1 aliphatic rings. The van der Waals surface area contributed by atoms with Crippen LogP contribution < -0.4 is 4.74 Å². The zero-order valence-electron chi connectivity index (χ0n) is 12.7. The SMILES string of the molecule is CC(C)(C)C(=O)N1CCC(Oc2ccc(F)c(F)c2)CC1. The normalized spacial score (nSPS) is 16.9. The number of halogens is 2. The van der Waals surface area contributed by atoms with Crippen LogP contribution in [0.25, 0.3) is 0 Å². The van der Waals surface area contributed by atoms with Crippen LogP contribution in [0, 0.1) is 17.0 Å². The lowest BCUT2D eigenvalue weighted by Crippen LogP contribution is -2.46. The lowest BCUT2D eigenvalue weighted by Gasteiger charge is -2.35. The van der Waals surface area contributed by atoms with Gasteiger partial charge in [-0.2, -0.15) is 0 Å². The molecule has 1 saturated heterocycles. The van der Waals surface area contributed by atoms with E-state index in [1.54, 1.807) is 0 Å². The van der Waals surface area contributed by atoms with Crippen molar-refractivity contribution in [3.05, 3.63) is 29.8 Å². The van der Waals surface area contributed by atoms with Crippen molar-refractivity contribution in [1.29, 1.82) is 0 Å². The number of hydrogen-bond acceptors (Lipinski definition) is 2. The Morgan fingerprint density at radius 1 is 1.19 bits per heavy atom. The standard InChI is InChI=1S/C16H21F2NO2/c1-16(2,3)15(20)19-8-6-11(7-9-19)21-12-4-5-13(17)14(18)10-12/h4-5,10-11H,6-9H2,1-3H3. The van der Waals surface area contributed by atoms with Crippen LogP contribution in [0.4, 0.5) is 8.78 Å². The summed E-state index contributed by atoms with van der Waals surface area (Å²) in [6.45, 7) is 6.96. The molecule has 1 heterocycles. The van der Waals surface area contributed by atoms with Gasteiger partial charge in [-0.05, 0) is 12.1 Å². The second-order valence-corrected chi connectivity index (χ2v) is 6.44. The summed E-state index contributed by atoms with van der Waals surface area (Å²) in [7, 11) is 0. The molecule has 0 aliphatic carbocycles. The zero-order valence-corrected chi connectivity index (χ0v) is 12.7. The number of rotatable bonds is 2. The summed E-state index contributed by atoms with van der Waals surface area (Å²) >= 11 is 0. The van der Waals surface area contributed by atoms with Crippen molar-refractivity contribution in [2.45, 2.75) is 39.7 Å². The summed E-state index contributed by atoms with van der Waals surface area (Å²) in [5.74, 6) is -1.33. The molecule has 1 amide bonds.